The van der Waals surface area contributed by atoms with Crippen molar-refractivity contribution < 1.29 is 18.0 Å². The third-order valence-corrected chi connectivity index (χ3v) is 3.68. The summed E-state index contributed by atoms with van der Waals surface area (Å²) in [4.78, 5) is 9.59. The van der Waals surface area contributed by atoms with E-state index in [0.717, 1.165) is 29.1 Å². The Hall–Kier alpha value is -2.41. The zero-order valence-corrected chi connectivity index (χ0v) is 12.8. The zero-order chi connectivity index (χ0) is 17.0. The fourth-order valence-electron chi connectivity index (χ4n) is 2.41. The first-order valence-electron chi connectivity index (χ1n) is 7.53. The van der Waals surface area contributed by atoms with E-state index in [1.807, 2.05) is 18.2 Å². The predicted octanol–water partition coefficient (Wildman–Crippen LogP) is 3.38. The lowest BCUT2D eigenvalue weighted by Gasteiger charge is -2.11. The van der Waals surface area contributed by atoms with Crippen LogP contribution in [0.3, 0.4) is 0 Å². The van der Waals surface area contributed by atoms with Crippen molar-refractivity contribution in [3.8, 4) is 0 Å². The van der Waals surface area contributed by atoms with Crippen LogP contribution >= 0.6 is 0 Å². The first kappa shape index (κ1) is 16.4. The molecule has 3 rings (SSSR count). The largest absolute Gasteiger partial charge is 0.416 e. The fraction of sp³-hybridized carbons (Fsp3) is 0.294. The van der Waals surface area contributed by atoms with Crippen molar-refractivity contribution in [2.45, 2.75) is 25.2 Å². The lowest BCUT2D eigenvalue weighted by atomic mass is 10.1. The molecule has 2 heterocycles. The van der Waals surface area contributed by atoms with Crippen LogP contribution in [-0.2, 0) is 17.6 Å². The Morgan fingerprint density at radius 1 is 1.12 bits per heavy atom. The smallest absolute Gasteiger partial charge is 0.390 e. The molecular weight excluding hydrogens is 319 g/mol. The lowest BCUT2D eigenvalue weighted by Crippen LogP contribution is -2.26. The molecule has 0 aliphatic carbocycles. The van der Waals surface area contributed by atoms with Gasteiger partial charge in [0.15, 0.2) is 0 Å². The molecule has 2 aromatic rings. The number of nitrogens with one attached hydrogen (secondary N) is 1. The van der Waals surface area contributed by atoms with E-state index in [2.05, 4.69) is 15.5 Å². The van der Waals surface area contributed by atoms with Crippen LogP contribution in [0, 0.1) is 0 Å². The molecule has 1 N–H and O–H groups in total. The maximum atomic E-state index is 12.5. The van der Waals surface area contributed by atoms with E-state index in [9.17, 15) is 13.2 Å². The highest BCUT2D eigenvalue weighted by atomic mass is 19.4. The number of nitrogens with zero attached hydrogens (tertiary/aromatic N) is 2. The van der Waals surface area contributed by atoms with E-state index in [-0.39, 0.29) is 6.10 Å². The van der Waals surface area contributed by atoms with Gasteiger partial charge in [-0.2, -0.15) is 13.2 Å². The minimum Gasteiger partial charge on any atom is -0.390 e. The summed E-state index contributed by atoms with van der Waals surface area (Å²) in [6, 6.07) is 10.7. The van der Waals surface area contributed by atoms with Gasteiger partial charge in [-0.15, -0.1) is 0 Å². The van der Waals surface area contributed by atoms with Crippen molar-refractivity contribution >= 4 is 5.71 Å². The van der Waals surface area contributed by atoms with Crippen LogP contribution in [0.4, 0.5) is 13.2 Å². The molecule has 0 spiro atoms. The monoisotopic (exact) mass is 335 g/mol. The minimum absolute atomic E-state index is 0.101. The van der Waals surface area contributed by atoms with Crippen LogP contribution < -0.4 is 5.32 Å². The van der Waals surface area contributed by atoms with Gasteiger partial charge in [-0.25, -0.2) is 0 Å². The number of pyridine rings is 1. The molecule has 0 saturated carbocycles. The maximum Gasteiger partial charge on any atom is 0.416 e. The standard InChI is InChI=1S/C17H16F3N3O/c18-17(19,20)13-6-4-12(5-7-13)10-21-11-14-9-16(23-24-14)15-3-1-2-8-22-15/h1-8,14,21H,9-11H2. The summed E-state index contributed by atoms with van der Waals surface area (Å²) in [6.07, 6.45) is -2.05. The Balaban J connectivity index is 1.45. The summed E-state index contributed by atoms with van der Waals surface area (Å²) in [7, 11) is 0. The molecule has 0 bridgehead atoms. The second kappa shape index (κ2) is 7.00. The van der Waals surface area contributed by atoms with Gasteiger partial charge in [-0.1, -0.05) is 23.4 Å². The first-order valence-corrected chi connectivity index (χ1v) is 7.53. The van der Waals surface area contributed by atoms with Crippen LogP contribution in [-0.4, -0.2) is 23.3 Å². The Kier molecular flexibility index (Phi) is 4.80. The SMILES string of the molecule is FC(F)(F)c1ccc(CNCC2CC(c3ccccn3)=NO2)cc1. The van der Waals surface area contributed by atoms with Gasteiger partial charge in [0.1, 0.15) is 11.8 Å². The minimum atomic E-state index is -4.30. The van der Waals surface area contributed by atoms with E-state index in [1.165, 1.54) is 12.1 Å². The number of hydrogen-bond donors (Lipinski definition) is 1. The van der Waals surface area contributed by atoms with Gasteiger partial charge in [0.2, 0.25) is 0 Å². The Bertz CT molecular complexity index is 699. The average Bonchev–Trinajstić information content (AvgIpc) is 3.04. The summed E-state index contributed by atoms with van der Waals surface area (Å²) >= 11 is 0. The molecule has 0 radical (unpaired) electrons. The zero-order valence-electron chi connectivity index (χ0n) is 12.8. The molecule has 7 heteroatoms. The Morgan fingerprint density at radius 2 is 1.92 bits per heavy atom. The van der Waals surface area contributed by atoms with Crippen LogP contribution in [0.15, 0.2) is 53.8 Å². The molecule has 0 amide bonds. The maximum absolute atomic E-state index is 12.5. The number of benzene rings is 1. The number of hydrogen-bond acceptors (Lipinski definition) is 4. The molecule has 1 aliphatic heterocycles. The first-order chi connectivity index (χ1) is 11.5. The number of alkyl halides is 3. The molecule has 1 aromatic heterocycles. The van der Waals surface area contributed by atoms with Crippen molar-refractivity contribution in [3.63, 3.8) is 0 Å². The Labute approximate surface area is 137 Å². The molecule has 1 aromatic carbocycles. The molecule has 0 saturated heterocycles. The highest BCUT2D eigenvalue weighted by molar-refractivity contribution is 5.99. The lowest BCUT2D eigenvalue weighted by molar-refractivity contribution is -0.137. The van der Waals surface area contributed by atoms with Crippen LogP contribution in [0.2, 0.25) is 0 Å². The number of halogens is 3. The number of oxime groups is 1. The van der Waals surface area contributed by atoms with Crippen LogP contribution in [0.1, 0.15) is 23.2 Å². The second-order valence-corrected chi connectivity index (χ2v) is 5.51. The second-order valence-electron chi connectivity index (χ2n) is 5.51. The number of aromatic nitrogens is 1. The van der Waals surface area contributed by atoms with Gasteiger partial charge in [0.05, 0.1) is 11.3 Å². The van der Waals surface area contributed by atoms with Crippen molar-refractivity contribution in [2.24, 2.45) is 5.16 Å². The molecule has 1 aliphatic rings. The average molecular weight is 335 g/mol. The van der Waals surface area contributed by atoms with Crippen molar-refractivity contribution in [3.05, 3.63) is 65.5 Å². The summed E-state index contributed by atoms with van der Waals surface area (Å²) in [6.45, 7) is 1.03. The van der Waals surface area contributed by atoms with E-state index in [1.54, 1.807) is 6.20 Å². The normalized spacial score (nSPS) is 17.5. The van der Waals surface area contributed by atoms with Crippen LogP contribution in [0.25, 0.3) is 0 Å². The van der Waals surface area contributed by atoms with E-state index >= 15 is 0 Å². The molecule has 1 atom stereocenters. The summed E-state index contributed by atoms with van der Waals surface area (Å²) in [5, 5.41) is 7.21. The van der Waals surface area contributed by atoms with Crippen molar-refractivity contribution in [1.29, 1.82) is 0 Å². The third-order valence-electron chi connectivity index (χ3n) is 3.68. The van der Waals surface area contributed by atoms with E-state index in [0.29, 0.717) is 19.5 Å². The third kappa shape index (κ3) is 4.11. The van der Waals surface area contributed by atoms with Gasteiger partial charge >= 0.3 is 6.18 Å². The van der Waals surface area contributed by atoms with Crippen LogP contribution in [0.5, 0.6) is 0 Å². The van der Waals surface area contributed by atoms with Crippen molar-refractivity contribution in [2.75, 3.05) is 6.54 Å². The van der Waals surface area contributed by atoms with Gasteiger partial charge in [-0.05, 0) is 29.8 Å². The van der Waals surface area contributed by atoms with Gasteiger partial charge < -0.3 is 10.2 Å². The molecule has 1 unspecified atom stereocenters. The van der Waals surface area contributed by atoms with E-state index in [4.69, 9.17) is 4.84 Å². The molecule has 0 fully saturated rings. The Morgan fingerprint density at radius 3 is 2.58 bits per heavy atom. The highest BCUT2D eigenvalue weighted by Gasteiger charge is 2.29. The number of rotatable bonds is 5. The molecule has 4 nitrogen and oxygen atoms in total. The highest BCUT2D eigenvalue weighted by Crippen LogP contribution is 2.29. The fourth-order valence-corrected chi connectivity index (χ4v) is 2.41. The summed E-state index contributed by atoms with van der Waals surface area (Å²) < 4.78 is 37.5. The van der Waals surface area contributed by atoms with Gasteiger partial charge in [0, 0.05) is 25.7 Å². The summed E-state index contributed by atoms with van der Waals surface area (Å²) in [5.41, 5.74) is 1.74. The summed E-state index contributed by atoms with van der Waals surface area (Å²) in [5.74, 6) is 0. The molecule has 126 valence electrons. The van der Waals surface area contributed by atoms with E-state index < -0.39 is 11.7 Å². The quantitative estimate of drug-likeness (QED) is 0.911. The topological polar surface area (TPSA) is 46.5 Å². The van der Waals surface area contributed by atoms with Gasteiger partial charge in [0.25, 0.3) is 0 Å². The van der Waals surface area contributed by atoms with Gasteiger partial charge in [-0.3, -0.25) is 4.98 Å². The predicted molar refractivity (Wildman–Crippen MR) is 83.4 cm³/mol. The molecule has 24 heavy (non-hydrogen) atoms. The van der Waals surface area contributed by atoms with Crippen molar-refractivity contribution in [1.82, 2.24) is 10.3 Å². The molecular formula is C17H16F3N3O.